The van der Waals surface area contributed by atoms with Crippen LogP contribution in [-0.2, 0) is 6.54 Å². The number of rotatable bonds is 5. The van der Waals surface area contributed by atoms with Gasteiger partial charge in [0.25, 0.3) is 5.89 Å². The topological polar surface area (TPSA) is 106 Å². The number of imidazole rings is 1. The fourth-order valence-corrected chi connectivity index (χ4v) is 2.60. The smallest absolute Gasteiger partial charge is 0.314 e. The number of nitriles is 1. The molecule has 0 aliphatic rings. The number of alkyl halides is 2. The van der Waals surface area contributed by atoms with Gasteiger partial charge in [0.2, 0.25) is 5.89 Å². The normalized spacial score (nSPS) is 10.9. The molecular weight excluding hydrogens is 368 g/mol. The zero-order valence-corrected chi connectivity index (χ0v) is 14.2. The van der Waals surface area contributed by atoms with Crippen LogP contribution in [0.5, 0.6) is 0 Å². The van der Waals surface area contributed by atoms with E-state index in [0.717, 1.165) is 0 Å². The van der Waals surface area contributed by atoms with E-state index in [9.17, 15) is 8.78 Å². The summed E-state index contributed by atoms with van der Waals surface area (Å²) >= 11 is 0. The molecule has 138 valence electrons. The van der Waals surface area contributed by atoms with Crippen molar-refractivity contribution in [2.75, 3.05) is 0 Å². The van der Waals surface area contributed by atoms with Crippen LogP contribution >= 0.6 is 0 Å². The Bertz CT molecular complexity index is 1160. The van der Waals surface area contributed by atoms with Crippen LogP contribution in [0.25, 0.3) is 23.0 Å². The summed E-state index contributed by atoms with van der Waals surface area (Å²) in [6.07, 6.45) is 2.04. The Kier molecular flexibility index (Phi) is 4.55. The molecule has 0 bridgehead atoms. The first kappa shape index (κ1) is 17.4. The number of hydrogen-bond donors (Lipinski definition) is 0. The Morgan fingerprint density at radius 1 is 1.14 bits per heavy atom. The molecule has 4 aromatic rings. The van der Waals surface area contributed by atoms with E-state index >= 15 is 0 Å². The maximum Gasteiger partial charge on any atom is 0.314 e. The molecule has 0 amide bonds. The third-order valence-corrected chi connectivity index (χ3v) is 3.83. The SMILES string of the molecule is N#Cc1cccc(Cn2ccnc2-c2cc(-c3nnc(C(F)F)o3)ccn2)n1. The number of hydrogen-bond acceptors (Lipinski definition) is 7. The highest BCUT2D eigenvalue weighted by atomic mass is 19.3. The average Bonchev–Trinajstić information content (AvgIpc) is 3.38. The highest BCUT2D eigenvalue weighted by molar-refractivity contribution is 5.61. The largest absolute Gasteiger partial charge is 0.415 e. The minimum atomic E-state index is -2.84. The number of aromatic nitrogens is 6. The summed E-state index contributed by atoms with van der Waals surface area (Å²) in [5, 5.41) is 16.0. The lowest BCUT2D eigenvalue weighted by atomic mass is 10.2. The lowest BCUT2D eigenvalue weighted by Crippen LogP contribution is -2.04. The molecule has 0 unspecified atom stereocenters. The van der Waals surface area contributed by atoms with Crippen molar-refractivity contribution in [3.8, 4) is 29.0 Å². The van der Waals surface area contributed by atoms with Crippen molar-refractivity contribution in [3.63, 3.8) is 0 Å². The maximum absolute atomic E-state index is 12.7. The highest BCUT2D eigenvalue weighted by Gasteiger charge is 2.18. The monoisotopic (exact) mass is 379 g/mol. The lowest BCUT2D eigenvalue weighted by molar-refractivity contribution is 0.116. The van der Waals surface area contributed by atoms with Crippen LogP contribution in [0, 0.1) is 11.3 Å². The summed E-state index contributed by atoms with van der Waals surface area (Å²) in [7, 11) is 0. The van der Waals surface area contributed by atoms with Gasteiger partial charge in [0, 0.05) is 24.2 Å². The summed E-state index contributed by atoms with van der Waals surface area (Å²) in [5.74, 6) is -0.224. The first-order chi connectivity index (χ1) is 13.6. The number of nitrogens with zero attached hydrogens (tertiary/aromatic N) is 7. The van der Waals surface area contributed by atoms with Crippen molar-refractivity contribution < 1.29 is 13.2 Å². The van der Waals surface area contributed by atoms with Gasteiger partial charge in [-0.3, -0.25) is 4.98 Å². The van der Waals surface area contributed by atoms with Crippen LogP contribution in [-0.4, -0.2) is 29.7 Å². The lowest BCUT2D eigenvalue weighted by Gasteiger charge is -2.08. The van der Waals surface area contributed by atoms with Gasteiger partial charge < -0.3 is 8.98 Å². The van der Waals surface area contributed by atoms with Gasteiger partial charge in [0.15, 0.2) is 5.82 Å². The molecule has 0 aliphatic carbocycles. The van der Waals surface area contributed by atoms with Crippen molar-refractivity contribution in [1.29, 1.82) is 5.26 Å². The minimum Gasteiger partial charge on any atom is -0.415 e. The van der Waals surface area contributed by atoms with E-state index in [1.165, 1.54) is 6.20 Å². The summed E-state index contributed by atoms with van der Waals surface area (Å²) in [4.78, 5) is 12.9. The van der Waals surface area contributed by atoms with Gasteiger partial charge in [0.05, 0.1) is 12.2 Å². The molecule has 0 atom stereocenters. The molecule has 4 heterocycles. The van der Waals surface area contributed by atoms with Gasteiger partial charge in [-0.05, 0) is 24.3 Å². The summed E-state index contributed by atoms with van der Waals surface area (Å²) in [6, 6.07) is 10.4. The molecule has 10 heteroatoms. The molecule has 8 nitrogen and oxygen atoms in total. The Hall–Kier alpha value is -4.00. The second kappa shape index (κ2) is 7.32. The summed E-state index contributed by atoms with van der Waals surface area (Å²) in [5.41, 5.74) is 1.96. The third kappa shape index (κ3) is 3.45. The predicted molar refractivity (Wildman–Crippen MR) is 91.8 cm³/mol. The van der Waals surface area contributed by atoms with E-state index in [0.29, 0.717) is 35.0 Å². The van der Waals surface area contributed by atoms with Crippen LogP contribution in [0.4, 0.5) is 8.78 Å². The van der Waals surface area contributed by atoms with E-state index in [4.69, 9.17) is 9.68 Å². The van der Waals surface area contributed by atoms with E-state index in [-0.39, 0.29) is 5.89 Å². The Morgan fingerprint density at radius 3 is 2.82 bits per heavy atom. The maximum atomic E-state index is 12.7. The van der Waals surface area contributed by atoms with Gasteiger partial charge in [-0.25, -0.2) is 9.97 Å². The summed E-state index contributed by atoms with van der Waals surface area (Å²) in [6.45, 7) is 0.382. The van der Waals surface area contributed by atoms with E-state index in [1.54, 1.807) is 42.7 Å². The zero-order chi connectivity index (χ0) is 19.5. The molecular formula is C18H11F2N7O. The minimum absolute atomic E-state index is 0.0274. The molecule has 0 aromatic carbocycles. The van der Waals surface area contributed by atoms with Crippen molar-refractivity contribution >= 4 is 0 Å². The van der Waals surface area contributed by atoms with Crippen LogP contribution in [0.2, 0.25) is 0 Å². The first-order valence-electron chi connectivity index (χ1n) is 8.09. The number of halogens is 2. The molecule has 0 radical (unpaired) electrons. The van der Waals surface area contributed by atoms with Gasteiger partial charge in [-0.1, -0.05) is 6.07 Å². The van der Waals surface area contributed by atoms with Crippen molar-refractivity contribution in [3.05, 3.63) is 66.2 Å². The third-order valence-electron chi connectivity index (χ3n) is 3.83. The van der Waals surface area contributed by atoms with E-state index in [1.807, 2.05) is 10.6 Å². The summed E-state index contributed by atoms with van der Waals surface area (Å²) < 4.78 is 32.1. The van der Waals surface area contributed by atoms with Gasteiger partial charge in [-0.15, -0.1) is 10.2 Å². The molecule has 0 fully saturated rings. The highest BCUT2D eigenvalue weighted by Crippen LogP contribution is 2.26. The second-order valence-electron chi connectivity index (χ2n) is 5.68. The van der Waals surface area contributed by atoms with Crippen molar-refractivity contribution in [1.82, 2.24) is 29.7 Å². The fraction of sp³-hybridized carbons (Fsp3) is 0.111. The molecule has 4 aromatic heterocycles. The molecule has 0 N–H and O–H groups in total. The van der Waals surface area contributed by atoms with E-state index in [2.05, 4.69) is 25.1 Å². The Labute approximate surface area is 157 Å². The van der Waals surface area contributed by atoms with Crippen molar-refractivity contribution in [2.24, 2.45) is 0 Å². The Balaban J connectivity index is 1.65. The average molecular weight is 379 g/mol. The van der Waals surface area contributed by atoms with Crippen molar-refractivity contribution in [2.45, 2.75) is 13.0 Å². The van der Waals surface area contributed by atoms with Crippen LogP contribution in [0.3, 0.4) is 0 Å². The Morgan fingerprint density at radius 2 is 2.04 bits per heavy atom. The molecule has 4 rings (SSSR count). The van der Waals surface area contributed by atoms with E-state index < -0.39 is 12.3 Å². The molecule has 0 aliphatic heterocycles. The molecule has 0 saturated heterocycles. The number of pyridine rings is 2. The zero-order valence-electron chi connectivity index (χ0n) is 14.2. The van der Waals surface area contributed by atoms with Gasteiger partial charge in [0.1, 0.15) is 17.5 Å². The van der Waals surface area contributed by atoms with Crippen LogP contribution < -0.4 is 0 Å². The quantitative estimate of drug-likeness (QED) is 0.524. The predicted octanol–water partition coefficient (Wildman–Crippen LogP) is 3.25. The second-order valence-corrected chi connectivity index (χ2v) is 5.68. The van der Waals surface area contributed by atoms with Gasteiger partial charge >= 0.3 is 6.43 Å². The molecule has 28 heavy (non-hydrogen) atoms. The standard InChI is InChI=1S/C18H11F2N7O/c19-15(20)18-26-25-17(28-18)11-4-5-22-14(8-11)16-23-6-7-27(16)10-13-3-1-2-12(9-21)24-13/h1-8,15H,10H2. The fourth-order valence-electron chi connectivity index (χ4n) is 2.60. The first-order valence-corrected chi connectivity index (χ1v) is 8.09. The molecule has 0 spiro atoms. The van der Waals surface area contributed by atoms with Crippen LogP contribution in [0.1, 0.15) is 23.7 Å². The molecule has 0 saturated carbocycles. The van der Waals surface area contributed by atoms with Crippen LogP contribution in [0.15, 0.2) is 53.3 Å². The van der Waals surface area contributed by atoms with Gasteiger partial charge in [-0.2, -0.15) is 14.0 Å².